The van der Waals surface area contributed by atoms with Crippen LogP contribution in [-0.4, -0.2) is 90.0 Å². The summed E-state index contributed by atoms with van der Waals surface area (Å²) in [4.78, 5) is 24.7. The first-order valence-corrected chi connectivity index (χ1v) is 11.5. The van der Waals surface area contributed by atoms with Gasteiger partial charge in [0.15, 0.2) is 0 Å². The highest BCUT2D eigenvalue weighted by atomic mass is 32.2. The fourth-order valence-electron chi connectivity index (χ4n) is 3.99. The van der Waals surface area contributed by atoms with Crippen LogP contribution in [0.4, 0.5) is 0 Å². The Bertz CT molecular complexity index is 722. The third kappa shape index (κ3) is 5.46. The molecule has 2 aliphatic heterocycles. The number of rotatable bonds is 6. The predicted octanol–water partition coefficient (Wildman–Crippen LogP) is 0.829. The fraction of sp³-hybridized carbons (Fsp3) is 0.722. The van der Waals surface area contributed by atoms with E-state index in [2.05, 4.69) is 14.9 Å². The smallest absolute Gasteiger partial charge is 0.274 e. The van der Waals surface area contributed by atoms with Crippen LogP contribution in [0.25, 0.3) is 0 Å². The van der Waals surface area contributed by atoms with E-state index in [0.29, 0.717) is 25.3 Å². The number of aromatic nitrogens is 2. The highest BCUT2D eigenvalue weighted by Crippen LogP contribution is 2.20. The molecule has 1 aromatic rings. The average molecular weight is 396 g/mol. The first-order chi connectivity index (χ1) is 12.9. The maximum atomic E-state index is 12.7. The van der Waals surface area contributed by atoms with E-state index >= 15 is 0 Å². The van der Waals surface area contributed by atoms with Gasteiger partial charge in [-0.1, -0.05) is 6.42 Å². The zero-order valence-corrected chi connectivity index (χ0v) is 16.8. The normalized spacial score (nSPS) is 22.1. The molecule has 0 bridgehead atoms. The third-order valence-electron chi connectivity index (χ3n) is 5.38. The molecule has 1 aromatic heterocycles. The summed E-state index contributed by atoms with van der Waals surface area (Å²) in [5, 5.41) is 0. The number of amides is 1. The molecule has 9 heteroatoms. The van der Waals surface area contributed by atoms with Crippen LogP contribution >= 0.6 is 0 Å². The molecule has 2 aliphatic rings. The molecule has 0 aromatic carbocycles. The lowest BCUT2D eigenvalue weighted by Crippen LogP contribution is -2.53. The molecule has 1 unspecified atom stereocenters. The molecule has 1 amide bonds. The summed E-state index contributed by atoms with van der Waals surface area (Å²) >= 11 is 0. The fourth-order valence-corrected chi connectivity index (χ4v) is 5.11. The van der Waals surface area contributed by atoms with E-state index in [4.69, 9.17) is 0 Å². The number of likely N-dealkylation sites (tertiary alicyclic amines) is 2. The topological polar surface area (TPSA) is 86.7 Å². The molecule has 0 N–H and O–H groups in total. The van der Waals surface area contributed by atoms with Gasteiger partial charge < -0.3 is 9.80 Å². The molecular formula is C18H29N5O3S. The number of piperidine rings is 2. The van der Waals surface area contributed by atoms with Crippen molar-refractivity contribution in [3.63, 3.8) is 0 Å². The van der Waals surface area contributed by atoms with Gasteiger partial charge in [0, 0.05) is 44.6 Å². The van der Waals surface area contributed by atoms with Crippen LogP contribution in [0.5, 0.6) is 0 Å². The Balaban J connectivity index is 1.65. The lowest BCUT2D eigenvalue weighted by molar-refractivity contribution is 0.0640. The average Bonchev–Trinajstić information content (AvgIpc) is 2.68. The Labute approximate surface area is 161 Å². The summed E-state index contributed by atoms with van der Waals surface area (Å²) in [6.07, 6.45) is 10.9. The Morgan fingerprint density at radius 2 is 1.96 bits per heavy atom. The Morgan fingerprint density at radius 3 is 2.63 bits per heavy atom. The predicted molar refractivity (Wildman–Crippen MR) is 103 cm³/mol. The first-order valence-electron chi connectivity index (χ1n) is 9.69. The molecule has 2 fully saturated rings. The van der Waals surface area contributed by atoms with E-state index in [-0.39, 0.29) is 11.9 Å². The van der Waals surface area contributed by atoms with Crippen molar-refractivity contribution in [2.75, 3.05) is 45.5 Å². The summed E-state index contributed by atoms with van der Waals surface area (Å²) in [6, 6.07) is -0.181. The van der Waals surface area contributed by atoms with Crippen molar-refractivity contribution in [2.45, 2.75) is 38.1 Å². The van der Waals surface area contributed by atoms with Crippen molar-refractivity contribution in [1.29, 1.82) is 0 Å². The van der Waals surface area contributed by atoms with Crippen molar-refractivity contribution < 1.29 is 13.2 Å². The number of carbonyl (C=O) groups excluding carboxylic acids is 1. The minimum atomic E-state index is -3.34. The molecule has 2 saturated heterocycles. The Kier molecular flexibility index (Phi) is 6.78. The van der Waals surface area contributed by atoms with Gasteiger partial charge in [0.25, 0.3) is 5.91 Å². The van der Waals surface area contributed by atoms with Crippen LogP contribution in [-0.2, 0) is 10.0 Å². The van der Waals surface area contributed by atoms with Gasteiger partial charge in [0.2, 0.25) is 10.0 Å². The van der Waals surface area contributed by atoms with Gasteiger partial charge in [-0.25, -0.2) is 13.4 Å². The molecule has 1 atom stereocenters. The second kappa shape index (κ2) is 9.07. The zero-order valence-electron chi connectivity index (χ0n) is 16.0. The minimum Gasteiger partial charge on any atom is -0.336 e. The van der Waals surface area contributed by atoms with Crippen molar-refractivity contribution in [3.8, 4) is 0 Å². The molecular weight excluding hydrogens is 366 g/mol. The van der Waals surface area contributed by atoms with Crippen molar-refractivity contribution in [3.05, 3.63) is 24.3 Å². The van der Waals surface area contributed by atoms with Gasteiger partial charge >= 0.3 is 0 Å². The van der Waals surface area contributed by atoms with E-state index in [1.165, 1.54) is 44.1 Å². The summed E-state index contributed by atoms with van der Waals surface area (Å²) in [5.74, 6) is -0.183. The van der Waals surface area contributed by atoms with Crippen LogP contribution in [0.3, 0.4) is 0 Å². The minimum absolute atomic E-state index is 0.181. The maximum Gasteiger partial charge on any atom is 0.274 e. The zero-order chi connectivity index (χ0) is 19.3. The quantitative estimate of drug-likeness (QED) is 0.709. The van der Waals surface area contributed by atoms with Crippen LogP contribution in [0.1, 0.15) is 42.6 Å². The molecule has 8 nitrogen and oxygen atoms in total. The molecule has 0 aliphatic carbocycles. The first kappa shape index (κ1) is 20.2. The van der Waals surface area contributed by atoms with Crippen LogP contribution in [0.2, 0.25) is 0 Å². The summed E-state index contributed by atoms with van der Waals surface area (Å²) < 4.78 is 26.5. The van der Waals surface area contributed by atoms with Crippen molar-refractivity contribution in [1.82, 2.24) is 24.1 Å². The molecule has 150 valence electrons. The number of sulfonamides is 1. The van der Waals surface area contributed by atoms with Gasteiger partial charge in [-0.3, -0.25) is 9.78 Å². The third-order valence-corrected chi connectivity index (χ3v) is 6.72. The van der Waals surface area contributed by atoms with Crippen molar-refractivity contribution >= 4 is 15.9 Å². The van der Waals surface area contributed by atoms with Crippen LogP contribution in [0, 0.1) is 0 Å². The Morgan fingerprint density at radius 1 is 1.19 bits per heavy atom. The van der Waals surface area contributed by atoms with Gasteiger partial charge in [-0.05, 0) is 38.8 Å². The summed E-state index contributed by atoms with van der Waals surface area (Å²) in [7, 11) is -3.34. The standard InChI is InChI=1S/C18H29N5O3S/c1-27(25,26)23(13-12-21-9-3-2-4-10-21)16-6-5-11-22(15-16)18(24)17-14-19-7-8-20-17/h7-8,14,16H,2-6,9-13,15H2,1H3. The Hall–Kier alpha value is -1.58. The number of hydrogen-bond acceptors (Lipinski definition) is 6. The molecule has 0 radical (unpaired) electrons. The van der Waals surface area contributed by atoms with Gasteiger partial charge in [0.1, 0.15) is 5.69 Å². The van der Waals surface area contributed by atoms with Gasteiger partial charge in [-0.15, -0.1) is 0 Å². The van der Waals surface area contributed by atoms with E-state index < -0.39 is 10.0 Å². The number of nitrogens with zero attached hydrogens (tertiary/aromatic N) is 5. The maximum absolute atomic E-state index is 12.7. The van der Waals surface area contributed by atoms with Gasteiger partial charge in [-0.2, -0.15) is 4.31 Å². The van der Waals surface area contributed by atoms with E-state index in [0.717, 1.165) is 32.5 Å². The number of hydrogen-bond donors (Lipinski definition) is 0. The highest BCUT2D eigenvalue weighted by Gasteiger charge is 2.33. The highest BCUT2D eigenvalue weighted by molar-refractivity contribution is 7.88. The van der Waals surface area contributed by atoms with E-state index in [1.807, 2.05) is 0 Å². The van der Waals surface area contributed by atoms with E-state index in [1.54, 1.807) is 9.21 Å². The SMILES string of the molecule is CS(=O)(=O)N(CCN1CCCCC1)C1CCCN(C(=O)c2cnccn2)C1. The van der Waals surface area contributed by atoms with Crippen LogP contribution in [0.15, 0.2) is 18.6 Å². The second-order valence-electron chi connectivity index (χ2n) is 7.41. The molecule has 3 heterocycles. The molecule has 0 spiro atoms. The summed E-state index contributed by atoms with van der Waals surface area (Å²) in [5.41, 5.74) is 0.303. The second-order valence-corrected chi connectivity index (χ2v) is 9.35. The lowest BCUT2D eigenvalue weighted by Gasteiger charge is -2.39. The monoisotopic (exact) mass is 395 g/mol. The van der Waals surface area contributed by atoms with E-state index in [9.17, 15) is 13.2 Å². The number of carbonyl (C=O) groups is 1. The molecule has 27 heavy (non-hydrogen) atoms. The molecule has 3 rings (SSSR count). The van der Waals surface area contributed by atoms with Crippen molar-refractivity contribution in [2.24, 2.45) is 0 Å². The van der Waals surface area contributed by atoms with Crippen LogP contribution < -0.4 is 0 Å². The van der Waals surface area contributed by atoms with Gasteiger partial charge in [0.05, 0.1) is 12.5 Å². The largest absolute Gasteiger partial charge is 0.336 e. The lowest BCUT2D eigenvalue weighted by atomic mass is 10.1. The summed E-state index contributed by atoms with van der Waals surface area (Å²) in [6.45, 7) is 4.34. The molecule has 0 saturated carbocycles.